The van der Waals surface area contributed by atoms with Crippen molar-refractivity contribution >= 4 is 5.91 Å². The van der Waals surface area contributed by atoms with Crippen molar-refractivity contribution in [2.45, 2.75) is 12.1 Å². The summed E-state index contributed by atoms with van der Waals surface area (Å²) >= 11 is 0. The van der Waals surface area contributed by atoms with E-state index in [1.807, 2.05) is 0 Å². The lowest BCUT2D eigenvalue weighted by Gasteiger charge is -2.25. The van der Waals surface area contributed by atoms with Crippen LogP contribution in [0.25, 0.3) is 0 Å². The minimum Gasteiger partial charge on any atom is -0.390 e. The van der Waals surface area contributed by atoms with Crippen LogP contribution < -0.4 is 5.32 Å². The smallest absolute Gasteiger partial charge is 0.270 e. The van der Waals surface area contributed by atoms with Crippen LogP contribution in [0.5, 0.6) is 0 Å². The first kappa shape index (κ1) is 10.2. The van der Waals surface area contributed by atoms with Crippen molar-refractivity contribution in [2.75, 3.05) is 20.1 Å². The highest BCUT2D eigenvalue weighted by Gasteiger charge is 2.31. The second-order valence-corrected chi connectivity index (χ2v) is 3.79. The lowest BCUT2D eigenvalue weighted by Crippen LogP contribution is -2.44. The second-order valence-electron chi connectivity index (χ2n) is 3.79. The van der Waals surface area contributed by atoms with Gasteiger partial charge in [-0.3, -0.25) is 4.79 Å². The average Bonchev–Trinajstić information content (AvgIpc) is 2.85. The van der Waals surface area contributed by atoms with Crippen molar-refractivity contribution in [3.63, 3.8) is 0 Å². The Morgan fingerprint density at radius 3 is 2.93 bits per heavy atom. The maximum atomic E-state index is 11.9. The third kappa shape index (κ3) is 1.88. The number of β-amino-alcohol motifs (C(OH)–C–C–N with tert-alkyl or cyclic N) is 1. The third-order valence-electron chi connectivity index (χ3n) is 2.80. The van der Waals surface area contributed by atoms with E-state index < -0.39 is 6.10 Å². The molecule has 0 aromatic carbocycles. The largest absolute Gasteiger partial charge is 0.390 e. The highest BCUT2D eigenvalue weighted by atomic mass is 16.3. The number of aromatic nitrogens is 1. The van der Waals surface area contributed by atoms with Gasteiger partial charge in [-0.15, -0.1) is 0 Å². The molecular weight excluding hydrogens is 194 g/mol. The molecule has 2 rings (SSSR count). The average molecular weight is 209 g/mol. The first-order valence-corrected chi connectivity index (χ1v) is 4.99. The molecule has 0 unspecified atom stereocenters. The molecule has 1 saturated heterocycles. The van der Waals surface area contributed by atoms with E-state index in [9.17, 15) is 9.90 Å². The van der Waals surface area contributed by atoms with Gasteiger partial charge in [0, 0.05) is 26.3 Å². The van der Waals surface area contributed by atoms with Crippen LogP contribution in [0.15, 0.2) is 18.3 Å². The van der Waals surface area contributed by atoms with Crippen LogP contribution in [0, 0.1) is 0 Å². The van der Waals surface area contributed by atoms with E-state index in [0.29, 0.717) is 18.8 Å². The van der Waals surface area contributed by atoms with Crippen molar-refractivity contribution in [1.82, 2.24) is 15.2 Å². The number of rotatable bonds is 2. The quantitative estimate of drug-likeness (QED) is 0.610. The fourth-order valence-corrected chi connectivity index (χ4v) is 1.85. The Labute approximate surface area is 88.1 Å². The van der Waals surface area contributed by atoms with Gasteiger partial charge in [-0.2, -0.15) is 0 Å². The Kier molecular flexibility index (Phi) is 2.75. The first-order valence-electron chi connectivity index (χ1n) is 4.99. The van der Waals surface area contributed by atoms with Gasteiger partial charge in [0.1, 0.15) is 5.69 Å². The molecular formula is C10H15N3O2. The summed E-state index contributed by atoms with van der Waals surface area (Å²) in [6.07, 6.45) is 1.23. The molecule has 1 aromatic rings. The SMILES string of the molecule is CN(C(=O)c1ccc[nH]1)[C@H]1CNC[C@@H]1O. The molecule has 0 bridgehead atoms. The maximum absolute atomic E-state index is 11.9. The standard InChI is InChI=1S/C10H15N3O2/c1-13(8-5-11-6-9(8)14)10(15)7-3-2-4-12-7/h2-4,8-9,11-12,14H,5-6H2,1H3/t8-,9-/m0/s1. The molecule has 1 aliphatic heterocycles. The van der Waals surface area contributed by atoms with Gasteiger partial charge in [0.2, 0.25) is 0 Å². The van der Waals surface area contributed by atoms with Crippen LogP contribution in [0.3, 0.4) is 0 Å². The Bertz CT molecular complexity index is 336. The van der Waals surface area contributed by atoms with Crippen molar-refractivity contribution in [3.8, 4) is 0 Å². The Morgan fingerprint density at radius 1 is 1.60 bits per heavy atom. The van der Waals surface area contributed by atoms with Crippen molar-refractivity contribution in [2.24, 2.45) is 0 Å². The van der Waals surface area contributed by atoms with Crippen LogP contribution in [-0.2, 0) is 0 Å². The van der Waals surface area contributed by atoms with Crippen LogP contribution >= 0.6 is 0 Å². The van der Waals surface area contributed by atoms with Crippen LogP contribution in [0.4, 0.5) is 0 Å². The number of carbonyl (C=O) groups is 1. The van der Waals surface area contributed by atoms with Gasteiger partial charge in [0.15, 0.2) is 0 Å². The van der Waals surface area contributed by atoms with Gasteiger partial charge < -0.3 is 20.3 Å². The molecule has 5 heteroatoms. The van der Waals surface area contributed by atoms with E-state index in [4.69, 9.17) is 0 Å². The van der Waals surface area contributed by atoms with E-state index in [2.05, 4.69) is 10.3 Å². The Morgan fingerprint density at radius 2 is 2.40 bits per heavy atom. The lowest BCUT2D eigenvalue weighted by molar-refractivity contribution is 0.0576. The summed E-state index contributed by atoms with van der Waals surface area (Å²) in [4.78, 5) is 16.3. The van der Waals surface area contributed by atoms with Crippen molar-refractivity contribution in [1.29, 1.82) is 0 Å². The Balaban J connectivity index is 2.07. The summed E-state index contributed by atoms with van der Waals surface area (Å²) in [7, 11) is 1.71. The molecule has 1 aromatic heterocycles. The highest BCUT2D eigenvalue weighted by Crippen LogP contribution is 2.10. The topological polar surface area (TPSA) is 68.4 Å². The predicted molar refractivity (Wildman–Crippen MR) is 55.6 cm³/mol. The molecule has 1 amide bonds. The van der Waals surface area contributed by atoms with Gasteiger partial charge in [0.05, 0.1) is 12.1 Å². The zero-order valence-corrected chi connectivity index (χ0v) is 8.60. The minimum absolute atomic E-state index is 0.0900. The third-order valence-corrected chi connectivity index (χ3v) is 2.80. The van der Waals surface area contributed by atoms with E-state index in [1.54, 1.807) is 30.3 Å². The Hall–Kier alpha value is -1.33. The van der Waals surface area contributed by atoms with Crippen LogP contribution in [0.2, 0.25) is 0 Å². The van der Waals surface area contributed by atoms with E-state index in [1.165, 1.54) is 0 Å². The fourth-order valence-electron chi connectivity index (χ4n) is 1.85. The normalized spacial score (nSPS) is 25.5. The molecule has 82 valence electrons. The van der Waals surface area contributed by atoms with Gasteiger partial charge in [-0.25, -0.2) is 0 Å². The zero-order chi connectivity index (χ0) is 10.8. The minimum atomic E-state index is -0.478. The maximum Gasteiger partial charge on any atom is 0.270 e. The molecule has 1 fully saturated rings. The van der Waals surface area contributed by atoms with E-state index >= 15 is 0 Å². The molecule has 0 saturated carbocycles. The van der Waals surface area contributed by atoms with Crippen LogP contribution in [-0.4, -0.2) is 53.2 Å². The predicted octanol–water partition coefficient (Wildman–Crippen LogP) is -0.581. The summed E-state index contributed by atoms with van der Waals surface area (Å²) in [5.74, 6) is -0.0900. The number of H-pyrrole nitrogens is 1. The first-order chi connectivity index (χ1) is 7.20. The molecule has 2 heterocycles. The zero-order valence-electron chi connectivity index (χ0n) is 8.60. The molecule has 5 nitrogen and oxygen atoms in total. The number of aliphatic hydroxyl groups excluding tert-OH is 1. The second kappa shape index (κ2) is 4.04. The number of nitrogens with one attached hydrogen (secondary N) is 2. The number of aliphatic hydroxyl groups is 1. The highest BCUT2D eigenvalue weighted by molar-refractivity contribution is 5.92. The molecule has 1 aliphatic rings. The van der Waals surface area contributed by atoms with Gasteiger partial charge in [0.25, 0.3) is 5.91 Å². The molecule has 0 spiro atoms. The van der Waals surface area contributed by atoms with Gasteiger partial charge >= 0.3 is 0 Å². The molecule has 15 heavy (non-hydrogen) atoms. The number of hydrogen-bond acceptors (Lipinski definition) is 3. The van der Waals surface area contributed by atoms with Crippen molar-refractivity contribution in [3.05, 3.63) is 24.0 Å². The van der Waals surface area contributed by atoms with Crippen molar-refractivity contribution < 1.29 is 9.90 Å². The lowest BCUT2D eigenvalue weighted by atomic mass is 10.2. The van der Waals surface area contributed by atoms with Crippen LogP contribution in [0.1, 0.15) is 10.5 Å². The molecule has 2 atom stereocenters. The number of nitrogens with zero attached hydrogens (tertiary/aromatic N) is 1. The van der Waals surface area contributed by atoms with Gasteiger partial charge in [-0.1, -0.05) is 0 Å². The number of hydrogen-bond donors (Lipinski definition) is 3. The monoisotopic (exact) mass is 209 g/mol. The van der Waals surface area contributed by atoms with E-state index in [-0.39, 0.29) is 11.9 Å². The van der Waals surface area contributed by atoms with Gasteiger partial charge in [-0.05, 0) is 12.1 Å². The number of aromatic amines is 1. The number of likely N-dealkylation sites (N-methyl/N-ethyl adjacent to an activating group) is 1. The van der Waals surface area contributed by atoms with E-state index in [0.717, 1.165) is 0 Å². The number of amides is 1. The summed E-state index contributed by atoms with van der Waals surface area (Å²) in [6.45, 7) is 1.19. The summed E-state index contributed by atoms with van der Waals surface area (Å²) < 4.78 is 0. The summed E-state index contributed by atoms with van der Waals surface area (Å²) in [6, 6.07) is 3.37. The molecule has 0 aliphatic carbocycles. The number of carbonyl (C=O) groups excluding carboxylic acids is 1. The molecule has 3 N–H and O–H groups in total. The molecule has 0 radical (unpaired) electrons. The summed E-state index contributed by atoms with van der Waals surface area (Å²) in [5, 5.41) is 12.7. The summed E-state index contributed by atoms with van der Waals surface area (Å²) in [5.41, 5.74) is 0.552. The fraction of sp³-hybridized carbons (Fsp3) is 0.500.